The van der Waals surface area contributed by atoms with Crippen molar-refractivity contribution in [1.29, 1.82) is 0 Å². The van der Waals surface area contributed by atoms with E-state index in [0.717, 1.165) is 81.8 Å². The molecule has 1 aromatic carbocycles. The average molecular weight is 413 g/mol. The molecule has 30 heavy (non-hydrogen) atoms. The Bertz CT molecular complexity index is 835. The van der Waals surface area contributed by atoms with E-state index in [9.17, 15) is 9.90 Å². The van der Waals surface area contributed by atoms with Crippen LogP contribution in [0.25, 0.3) is 11.1 Å². The molecule has 0 aliphatic carbocycles. The Morgan fingerprint density at radius 1 is 1.00 bits per heavy atom. The second-order valence-corrected chi connectivity index (χ2v) is 9.07. The van der Waals surface area contributed by atoms with Crippen LogP contribution in [-0.2, 0) is 4.79 Å². The summed E-state index contributed by atoms with van der Waals surface area (Å²) in [6.07, 6.45) is 5.45. The van der Waals surface area contributed by atoms with Crippen molar-refractivity contribution in [2.45, 2.75) is 50.7 Å². The van der Waals surface area contributed by atoms with Crippen molar-refractivity contribution in [2.75, 3.05) is 44.2 Å². The van der Waals surface area contributed by atoms with Crippen LogP contribution in [0.5, 0.6) is 0 Å². The number of rotatable bonds is 3. The van der Waals surface area contributed by atoms with Gasteiger partial charge in [-0.1, -0.05) is 12.1 Å². The Hall–Kier alpha value is -2.12. The lowest BCUT2D eigenvalue weighted by Gasteiger charge is -2.43. The SMILES string of the molecule is O=C([C@@H]1CCCN(C2CCN(c3nc4ccccc4o3)CC2)C1)N1CCC(O)CC1. The molecule has 1 amide bonds. The maximum Gasteiger partial charge on any atom is 0.298 e. The van der Waals surface area contributed by atoms with E-state index in [1.807, 2.05) is 29.2 Å². The number of carbonyl (C=O) groups excluding carboxylic acids is 1. The second kappa shape index (κ2) is 8.55. The number of anilines is 1. The molecule has 0 bridgehead atoms. The third-order valence-electron chi connectivity index (χ3n) is 7.11. The number of para-hydroxylation sites is 2. The molecule has 162 valence electrons. The van der Waals surface area contributed by atoms with Crippen molar-refractivity contribution < 1.29 is 14.3 Å². The third-order valence-corrected chi connectivity index (χ3v) is 7.11. The minimum atomic E-state index is -0.233. The number of oxazole rings is 1. The predicted molar refractivity (Wildman–Crippen MR) is 115 cm³/mol. The Morgan fingerprint density at radius 2 is 1.77 bits per heavy atom. The van der Waals surface area contributed by atoms with Crippen LogP contribution in [0.4, 0.5) is 6.01 Å². The zero-order valence-electron chi connectivity index (χ0n) is 17.6. The van der Waals surface area contributed by atoms with E-state index in [-0.39, 0.29) is 12.0 Å². The fourth-order valence-corrected chi connectivity index (χ4v) is 5.30. The molecule has 0 saturated carbocycles. The van der Waals surface area contributed by atoms with E-state index in [1.165, 1.54) is 0 Å². The highest BCUT2D eigenvalue weighted by Gasteiger charge is 2.35. The topological polar surface area (TPSA) is 73.1 Å². The largest absolute Gasteiger partial charge is 0.423 e. The van der Waals surface area contributed by atoms with Crippen molar-refractivity contribution in [2.24, 2.45) is 5.92 Å². The number of fused-ring (bicyclic) bond motifs is 1. The molecule has 0 radical (unpaired) electrons. The smallest absolute Gasteiger partial charge is 0.298 e. The van der Waals surface area contributed by atoms with Gasteiger partial charge in [0.15, 0.2) is 5.58 Å². The number of hydrogen-bond acceptors (Lipinski definition) is 6. The molecular weight excluding hydrogens is 380 g/mol. The number of aromatic nitrogens is 1. The first kappa shape index (κ1) is 19.8. The number of piperidine rings is 3. The average Bonchev–Trinajstić information content (AvgIpc) is 3.24. The molecule has 5 rings (SSSR count). The summed E-state index contributed by atoms with van der Waals surface area (Å²) in [5.74, 6) is 0.416. The summed E-state index contributed by atoms with van der Waals surface area (Å²) in [5, 5.41) is 9.71. The van der Waals surface area contributed by atoms with Gasteiger partial charge in [0.2, 0.25) is 5.91 Å². The number of aliphatic hydroxyl groups excluding tert-OH is 1. The highest BCUT2D eigenvalue weighted by molar-refractivity contribution is 5.79. The molecule has 7 heteroatoms. The second-order valence-electron chi connectivity index (χ2n) is 9.07. The molecule has 1 atom stereocenters. The van der Waals surface area contributed by atoms with E-state index >= 15 is 0 Å². The molecule has 2 aromatic rings. The Labute approximate surface area is 177 Å². The predicted octanol–water partition coefficient (Wildman–Crippen LogP) is 2.49. The Morgan fingerprint density at radius 3 is 2.53 bits per heavy atom. The first-order chi connectivity index (χ1) is 14.7. The molecule has 1 aromatic heterocycles. The van der Waals surface area contributed by atoms with E-state index < -0.39 is 0 Å². The van der Waals surface area contributed by atoms with Gasteiger partial charge in [0.25, 0.3) is 6.01 Å². The van der Waals surface area contributed by atoms with Gasteiger partial charge in [0.05, 0.1) is 12.0 Å². The Kier molecular flexibility index (Phi) is 5.65. The minimum absolute atomic E-state index is 0.115. The van der Waals surface area contributed by atoms with Crippen molar-refractivity contribution in [3.8, 4) is 0 Å². The molecule has 3 fully saturated rings. The van der Waals surface area contributed by atoms with Crippen LogP contribution in [-0.4, -0.2) is 77.2 Å². The fraction of sp³-hybridized carbons (Fsp3) is 0.652. The van der Waals surface area contributed by atoms with E-state index in [0.29, 0.717) is 25.0 Å². The number of likely N-dealkylation sites (tertiary alicyclic amines) is 2. The summed E-state index contributed by atoms with van der Waals surface area (Å²) in [6.45, 7) is 5.27. The normalized spacial score (nSPS) is 25.2. The van der Waals surface area contributed by atoms with Gasteiger partial charge in [-0.05, 0) is 57.2 Å². The highest BCUT2D eigenvalue weighted by atomic mass is 16.4. The van der Waals surface area contributed by atoms with Gasteiger partial charge in [-0.2, -0.15) is 4.98 Å². The van der Waals surface area contributed by atoms with E-state index in [1.54, 1.807) is 0 Å². The summed E-state index contributed by atoms with van der Waals surface area (Å²) in [5.41, 5.74) is 1.76. The van der Waals surface area contributed by atoms with Gasteiger partial charge >= 0.3 is 0 Å². The first-order valence-corrected chi connectivity index (χ1v) is 11.5. The summed E-state index contributed by atoms with van der Waals surface area (Å²) >= 11 is 0. The molecule has 4 heterocycles. The van der Waals surface area contributed by atoms with Gasteiger partial charge in [-0.3, -0.25) is 9.69 Å². The lowest BCUT2D eigenvalue weighted by molar-refractivity contribution is -0.139. The Balaban J connectivity index is 1.16. The van der Waals surface area contributed by atoms with Crippen molar-refractivity contribution in [3.05, 3.63) is 24.3 Å². The minimum Gasteiger partial charge on any atom is -0.423 e. The van der Waals surface area contributed by atoms with Gasteiger partial charge < -0.3 is 19.3 Å². The quantitative estimate of drug-likeness (QED) is 0.835. The molecule has 0 unspecified atom stereocenters. The van der Waals surface area contributed by atoms with Crippen LogP contribution in [0.2, 0.25) is 0 Å². The summed E-state index contributed by atoms with van der Waals surface area (Å²) < 4.78 is 5.94. The van der Waals surface area contributed by atoms with Crippen LogP contribution in [0, 0.1) is 5.92 Å². The number of benzene rings is 1. The van der Waals surface area contributed by atoms with Gasteiger partial charge in [-0.15, -0.1) is 0 Å². The molecule has 7 nitrogen and oxygen atoms in total. The molecule has 0 spiro atoms. The standard InChI is InChI=1S/C23H32N4O3/c28-19-9-14-25(15-10-19)22(29)17-4-3-11-27(16-17)18-7-12-26(13-8-18)23-24-20-5-1-2-6-21(20)30-23/h1-2,5-6,17-19,28H,3-4,7-16H2/t17-/m1/s1. The van der Waals surface area contributed by atoms with Crippen LogP contribution in [0.15, 0.2) is 28.7 Å². The third kappa shape index (κ3) is 4.05. The van der Waals surface area contributed by atoms with Gasteiger partial charge in [-0.25, -0.2) is 0 Å². The molecule has 3 aliphatic rings. The summed E-state index contributed by atoms with van der Waals surface area (Å²) in [4.78, 5) is 24.4. The van der Waals surface area contributed by atoms with Gasteiger partial charge in [0, 0.05) is 38.8 Å². The van der Waals surface area contributed by atoms with E-state index in [4.69, 9.17) is 4.42 Å². The number of carbonyl (C=O) groups is 1. The monoisotopic (exact) mass is 412 g/mol. The lowest BCUT2D eigenvalue weighted by Crippen LogP contribution is -2.52. The van der Waals surface area contributed by atoms with Gasteiger partial charge in [0.1, 0.15) is 5.52 Å². The first-order valence-electron chi connectivity index (χ1n) is 11.5. The molecule has 3 saturated heterocycles. The maximum absolute atomic E-state index is 13.0. The zero-order chi connectivity index (χ0) is 20.5. The van der Waals surface area contributed by atoms with Crippen molar-refractivity contribution in [1.82, 2.24) is 14.8 Å². The number of amides is 1. The molecular formula is C23H32N4O3. The molecule has 3 aliphatic heterocycles. The number of hydrogen-bond donors (Lipinski definition) is 1. The van der Waals surface area contributed by atoms with Crippen LogP contribution >= 0.6 is 0 Å². The van der Waals surface area contributed by atoms with Crippen LogP contribution in [0.1, 0.15) is 38.5 Å². The van der Waals surface area contributed by atoms with Crippen molar-refractivity contribution >= 4 is 23.0 Å². The molecule has 1 N–H and O–H groups in total. The number of aliphatic hydroxyl groups is 1. The lowest BCUT2D eigenvalue weighted by atomic mass is 9.92. The maximum atomic E-state index is 13.0. The number of nitrogens with zero attached hydrogens (tertiary/aromatic N) is 4. The highest BCUT2D eigenvalue weighted by Crippen LogP contribution is 2.29. The van der Waals surface area contributed by atoms with E-state index in [2.05, 4.69) is 14.8 Å². The summed E-state index contributed by atoms with van der Waals surface area (Å²) in [6, 6.07) is 9.18. The van der Waals surface area contributed by atoms with Crippen molar-refractivity contribution in [3.63, 3.8) is 0 Å². The fourth-order valence-electron chi connectivity index (χ4n) is 5.30. The zero-order valence-corrected chi connectivity index (χ0v) is 17.6. The van der Waals surface area contributed by atoms with Crippen LogP contribution < -0.4 is 4.90 Å². The summed E-state index contributed by atoms with van der Waals surface area (Å²) in [7, 11) is 0. The van der Waals surface area contributed by atoms with Crippen LogP contribution in [0.3, 0.4) is 0 Å².